The molecule has 0 bridgehead atoms. The van der Waals surface area contributed by atoms with Crippen LogP contribution in [0.1, 0.15) is 19.8 Å². The summed E-state index contributed by atoms with van der Waals surface area (Å²) < 4.78 is 0. The van der Waals surface area contributed by atoms with E-state index in [0.29, 0.717) is 0 Å². The molecule has 0 spiro atoms. The minimum Gasteiger partial charge on any atom is -0.400 e. The lowest BCUT2D eigenvalue weighted by molar-refractivity contribution is 0.399. The molecule has 0 aliphatic carbocycles. The summed E-state index contributed by atoms with van der Waals surface area (Å²) in [5, 5.41) is 14.0. The molecule has 0 heterocycles. The van der Waals surface area contributed by atoms with Crippen molar-refractivity contribution in [1.29, 1.82) is 0 Å². The summed E-state index contributed by atoms with van der Waals surface area (Å²) in [6, 6.07) is 0. The molecule has 2 N–H and O–H groups in total. The molecule has 0 atom stereocenters. The molecule has 0 aromatic carbocycles. The molecule has 0 unspecified atom stereocenters. The highest BCUT2D eigenvalue weighted by molar-refractivity contribution is 6.08. The standard InChI is InChI=1S/C4H11B.2CH4O/c1-2-3-4-5;2*1-2/h2-5H2,1H3;2*2H,1H3. The first kappa shape index (κ1) is 16.0. The molecule has 0 radical (unpaired) electrons. The highest BCUT2D eigenvalue weighted by Gasteiger charge is 1.68. The lowest BCUT2D eigenvalue weighted by atomic mass is 10.0. The summed E-state index contributed by atoms with van der Waals surface area (Å²) in [6.07, 6.45) is 4.08. The Kier molecular flexibility index (Phi) is 77.7. The van der Waals surface area contributed by atoms with Crippen molar-refractivity contribution >= 4 is 7.85 Å². The van der Waals surface area contributed by atoms with E-state index >= 15 is 0 Å². The SMILES string of the molecule is BCCCC.CO.CO. The molecular formula is C6H19BO2. The van der Waals surface area contributed by atoms with E-state index in [-0.39, 0.29) is 0 Å². The predicted octanol–water partition coefficient (Wildman–Crippen LogP) is 0.0549. The maximum absolute atomic E-state index is 7.00. The van der Waals surface area contributed by atoms with Crippen LogP contribution in [0.5, 0.6) is 0 Å². The molecule has 3 heteroatoms. The Morgan fingerprint density at radius 1 is 1.11 bits per heavy atom. The third-order valence-electron chi connectivity index (χ3n) is 0.707. The highest BCUT2D eigenvalue weighted by atomic mass is 16.2. The fourth-order valence-corrected chi connectivity index (χ4v) is 0.354. The van der Waals surface area contributed by atoms with E-state index in [1.807, 2.05) is 0 Å². The Morgan fingerprint density at radius 3 is 1.44 bits per heavy atom. The van der Waals surface area contributed by atoms with Crippen LogP contribution in [-0.4, -0.2) is 32.3 Å². The summed E-state index contributed by atoms with van der Waals surface area (Å²) in [4.78, 5) is 0. The van der Waals surface area contributed by atoms with Gasteiger partial charge >= 0.3 is 0 Å². The molecule has 58 valence electrons. The fraction of sp³-hybridized carbons (Fsp3) is 1.00. The average Bonchev–Trinajstić information content (AvgIpc) is 1.98. The van der Waals surface area contributed by atoms with Gasteiger partial charge in [0.2, 0.25) is 0 Å². The highest BCUT2D eigenvalue weighted by Crippen LogP contribution is 1.86. The first-order valence-corrected chi connectivity index (χ1v) is 3.31. The second-order valence-corrected chi connectivity index (χ2v) is 1.35. The average molecular weight is 134 g/mol. The molecule has 0 rings (SSSR count). The van der Waals surface area contributed by atoms with Crippen molar-refractivity contribution in [3.63, 3.8) is 0 Å². The summed E-state index contributed by atoms with van der Waals surface area (Å²) in [7, 11) is 4.21. The minimum atomic E-state index is 1.00. The molecule has 0 amide bonds. The molecule has 0 aliphatic rings. The summed E-state index contributed by atoms with van der Waals surface area (Å²) in [5.41, 5.74) is 0. The first-order valence-electron chi connectivity index (χ1n) is 3.31. The zero-order valence-electron chi connectivity index (χ0n) is 7.02. The lowest BCUT2D eigenvalue weighted by Crippen LogP contribution is -1.63. The summed E-state index contributed by atoms with van der Waals surface area (Å²) >= 11 is 0. The summed E-state index contributed by atoms with van der Waals surface area (Å²) in [5.74, 6) is 0. The number of rotatable bonds is 2. The predicted molar refractivity (Wildman–Crippen MR) is 44.5 cm³/mol. The van der Waals surface area contributed by atoms with Crippen molar-refractivity contribution in [2.75, 3.05) is 14.2 Å². The smallest absolute Gasteiger partial charge is 0.101 e. The van der Waals surface area contributed by atoms with Crippen LogP contribution in [0.15, 0.2) is 0 Å². The number of hydrogen-bond acceptors (Lipinski definition) is 2. The molecule has 2 nitrogen and oxygen atoms in total. The van der Waals surface area contributed by atoms with E-state index in [0.717, 1.165) is 14.2 Å². The van der Waals surface area contributed by atoms with Crippen molar-refractivity contribution in [2.45, 2.75) is 26.1 Å². The van der Waals surface area contributed by atoms with Gasteiger partial charge in [0.05, 0.1) is 0 Å². The van der Waals surface area contributed by atoms with E-state index in [1.165, 1.54) is 19.2 Å². The molecular weight excluding hydrogens is 115 g/mol. The number of aliphatic hydroxyl groups is 2. The van der Waals surface area contributed by atoms with Crippen molar-refractivity contribution in [3.8, 4) is 0 Å². The van der Waals surface area contributed by atoms with Gasteiger partial charge in [0.25, 0.3) is 0 Å². The molecule has 0 aromatic rings. The zero-order chi connectivity index (χ0) is 8.12. The Balaban J connectivity index is -0.0000000771. The Bertz CT molecular complexity index is 18.5. The Labute approximate surface area is 59.3 Å². The monoisotopic (exact) mass is 134 g/mol. The third-order valence-corrected chi connectivity index (χ3v) is 0.707. The van der Waals surface area contributed by atoms with Gasteiger partial charge in [-0.05, 0) is 0 Å². The van der Waals surface area contributed by atoms with E-state index in [1.54, 1.807) is 0 Å². The van der Waals surface area contributed by atoms with Gasteiger partial charge in [0, 0.05) is 14.2 Å². The molecule has 9 heavy (non-hydrogen) atoms. The Morgan fingerprint density at radius 2 is 1.44 bits per heavy atom. The van der Waals surface area contributed by atoms with Crippen molar-refractivity contribution in [1.82, 2.24) is 0 Å². The molecule has 0 aliphatic heterocycles. The lowest BCUT2D eigenvalue weighted by Gasteiger charge is -1.78. The van der Waals surface area contributed by atoms with Gasteiger partial charge in [-0.3, -0.25) is 0 Å². The third kappa shape index (κ3) is 72.6. The van der Waals surface area contributed by atoms with E-state index < -0.39 is 0 Å². The van der Waals surface area contributed by atoms with Gasteiger partial charge in [-0.15, -0.1) is 0 Å². The van der Waals surface area contributed by atoms with Crippen LogP contribution in [0.3, 0.4) is 0 Å². The second kappa shape index (κ2) is 43.7. The number of aliphatic hydroxyl groups excluding tert-OH is 2. The quantitative estimate of drug-likeness (QED) is 0.524. The van der Waals surface area contributed by atoms with Gasteiger partial charge in [-0.2, -0.15) is 0 Å². The fourth-order valence-electron chi connectivity index (χ4n) is 0.354. The van der Waals surface area contributed by atoms with Crippen molar-refractivity contribution in [2.24, 2.45) is 0 Å². The first-order chi connectivity index (χ1) is 4.41. The van der Waals surface area contributed by atoms with Crippen molar-refractivity contribution < 1.29 is 10.2 Å². The van der Waals surface area contributed by atoms with Crippen LogP contribution in [0.2, 0.25) is 6.32 Å². The normalized spacial score (nSPS) is 5.89. The maximum Gasteiger partial charge on any atom is 0.101 e. The maximum atomic E-state index is 7.00. The largest absolute Gasteiger partial charge is 0.400 e. The van der Waals surface area contributed by atoms with E-state index in [9.17, 15) is 0 Å². The molecule has 0 saturated heterocycles. The number of hydrogen-bond donors (Lipinski definition) is 2. The second-order valence-electron chi connectivity index (χ2n) is 1.35. The van der Waals surface area contributed by atoms with Gasteiger partial charge < -0.3 is 10.2 Å². The van der Waals surface area contributed by atoms with Crippen LogP contribution >= 0.6 is 0 Å². The zero-order valence-corrected chi connectivity index (χ0v) is 7.02. The molecule has 0 aromatic heterocycles. The Hall–Kier alpha value is -0.0151. The van der Waals surface area contributed by atoms with Gasteiger partial charge in [0.15, 0.2) is 0 Å². The van der Waals surface area contributed by atoms with Crippen LogP contribution in [0.25, 0.3) is 0 Å². The summed E-state index contributed by atoms with van der Waals surface area (Å²) in [6.45, 7) is 2.21. The van der Waals surface area contributed by atoms with Crippen LogP contribution in [0, 0.1) is 0 Å². The topological polar surface area (TPSA) is 40.5 Å². The van der Waals surface area contributed by atoms with E-state index in [2.05, 4.69) is 14.8 Å². The van der Waals surface area contributed by atoms with Gasteiger partial charge in [0.1, 0.15) is 7.85 Å². The molecule has 0 fully saturated rings. The van der Waals surface area contributed by atoms with Gasteiger partial charge in [-0.1, -0.05) is 26.1 Å². The number of unbranched alkanes of at least 4 members (excludes halogenated alkanes) is 1. The molecule has 0 saturated carbocycles. The van der Waals surface area contributed by atoms with Crippen LogP contribution in [-0.2, 0) is 0 Å². The van der Waals surface area contributed by atoms with Crippen LogP contribution < -0.4 is 0 Å². The van der Waals surface area contributed by atoms with Crippen LogP contribution in [0.4, 0.5) is 0 Å². The van der Waals surface area contributed by atoms with E-state index in [4.69, 9.17) is 10.2 Å². The van der Waals surface area contributed by atoms with Gasteiger partial charge in [-0.25, -0.2) is 0 Å². The minimum absolute atomic E-state index is 1.00. The van der Waals surface area contributed by atoms with Crippen molar-refractivity contribution in [3.05, 3.63) is 0 Å².